The van der Waals surface area contributed by atoms with Crippen molar-refractivity contribution in [1.82, 2.24) is 4.90 Å². The zero-order valence-electron chi connectivity index (χ0n) is 16.5. The summed E-state index contributed by atoms with van der Waals surface area (Å²) in [4.78, 5) is 23.9. The maximum Gasteiger partial charge on any atom is 0.333 e. The summed E-state index contributed by atoms with van der Waals surface area (Å²) in [5.41, 5.74) is 7.15. The summed E-state index contributed by atoms with van der Waals surface area (Å²) >= 11 is 0. The molecule has 0 aliphatic heterocycles. The summed E-state index contributed by atoms with van der Waals surface area (Å²) in [6.07, 6.45) is 6.82. The Labute approximate surface area is 161 Å². The first-order valence-corrected chi connectivity index (χ1v) is 8.98. The van der Waals surface area contributed by atoms with E-state index in [2.05, 4.69) is 31.2 Å². The number of hydrogen-bond donors (Lipinski definition) is 3. The quantitative estimate of drug-likeness (QED) is 0.707. The average molecular weight is 374 g/mol. The smallest absolute Gasteiger partial charge is 0.333 e. The van der Waals surface area contributed by atoms with E-state index in [4.69, 9.17) is 15.9 Å². The van der Waals surface area contributed by atoms with E-state index in [1.165, 1.54) is 42.2 Å². The first-order valence-electron chi connectivity index (χ1n) is 8.98. The van der Waals surface area contributed by atoms with Crippen molar-refractivity contribution >= 4 is 11.9 Å². The van der Waals surface area contributed by atoms with Gasteiger partial charge in [-0.15, -0.1) is 0 Å². The van der Waals surface area contributed by atoms with Crippen LogP contribution in [0.1, 0.15) is 31.4 Å². The van der Waals surface area contributed by atoms with Gasteiger partial charge < -0.3 is 15.9 Å². The molecule has 2 rings (SSSR count). The molecule has 0 saturated carbocycles. The maximum absolute atomic E-state index is 11.1. The zero-order chi connectivity index (χ0) is 20.6. The molecule has 4 N–H and O–H groups in total. The topological polar surface area (TPSA) is 104 Å². The molecule has 6 nitrogen and oxygen atoms in total. The number of hydrogen-bond acceptors (Lipinski definition) is 4. The van der Waals surface area contributed by atoms with E-state index in [1.807, 2.05) is 0 Å². The van der Waals surface area contributed by atoms with Crippen LogP contribution in [0.15, 0.2) is 48.1 Å². The van der Waals surface area contributed by atoms with Crippen molar-refractivity contribution in [2.24, 2.45) is 11.7 Å². The summed E-state index contributed by atoms with van der Waals surface area (Å²) in [6, 6.07) is 8.52. The lowest BCUT2D eigenvalue weighted by Crippen LogP contribution is -2.54. The molecular formula is C21H30N2O4. The molecule has 6 heteroatoms. The second-order valence-corrected chi connectivity index (χ2v) is 6.90. The minimum Gasteiger partial charge on any atom is -0.481 e. The van der Waals surface area contributed by atoms with Gasteiger partial charge >= 0.3 is 11.9 Å². The molecule has 148 valence electrons. The summed E-state index contributed by atoms with van der Waals surface area (Å²) in [5.74, 6) is -2.98. The minimum atomic E-state index is -1.09. The van der Waals surface area contributed by atoms with Crippen molar-refractivity contribution in [3.05, 3.63) is 59.2 Å². The average Bonchev–Trinajstić information content (AvgIpc) is 2.62. The highest BCUT2D eigenvalue weighted by Gasteiger charge is 2.46. The van der Waals surface area contributed by atoms with Gasteiger partial charge in [0.2, 0.25) is 0 Å². The third kappa shape index (κ3) is 5.52. The Bertz CT molecular complexity index is 707. The Balaban J connectivity index is 0.000000289. The van der Waals surface area contributed by atoms with Gasteiger partial charge in [0, 0.05) is 6.54 Å². The molecule has 27 heavy (non-hydrogen) atoms. The predicted octanol–water partition coefficient (Wildman–Crippen LogP) is 2.69. The van der Waals surface area contributed by atoms with Crippen LogP contribution in [0, 0.1) is 5.92 Å². The molecule has 0 aromatic heterocycles. The van der Waals surface area contributed by atoms with Crippen LogP contribution in [0.25, 0.3) is 0 Å². The van der Waals surface area contributed by atoms with E-state index >= 15 is 0 Å². The van der Waals surface area contributed by atoms with Crippen LogP contribution in [0.4, 0.5) is 0 Å². The molecule has 0 saturated heterocycles. The van der Waals surface area contributed by atoms with Crippen molar-refractivity contribution in [1.29, 1.82) is 0 Å². The number of nitrogens with zero attached hydrogens (tertiary/aromatic N) is 1. The maximum atomic E-state index is 11.1. The van der Waals surface area contributed by atoms with Crippen LogP contribution in [-0.2, 0) is 22.6 Å². The number of carboxylic acids is 2. The van der Waals surface area contributed by atoms with E-state index < -0.39 is 23.4 Å². The van der Waals surface area contributed by atoms with Gasteiger partial charge in [-0.2, -0.15) is 0 Å². The molecule has 0 spiro atoms. The summed E-state index contributed by atoms with van der Waals surface area (Å²) < 4.78 is 0. The Morgan fingerprint density at radius 1 is 1.15 bits per heavy atom. The molecule has 0 fully saturated rings. The molecule has 0 amide bonds. The highest BCUT2D eigenvalue weighted by atomic mass is 16.4. The number of rotatable bonds is 6. The highest BCUT2D eigenvalue weighted by molar-refractivity contribution is 5.92. The molecule has 1 aromatic carbocycles. The van der Waals surface area contributed by atoms with Gasteiger partial charge in [0.25, 0.3) is 0 Å². The molecule has 1 aliphatic rings. The third-order valence-corrected chi connectivity index (χ3v) is 4.94. The number of aliphatic carboxylic acids is 2. The number of benzene rings is 1. The summed E-state index contributed by atoms with van der Waals surface area (Å²) in [7, 11) is 3.34. The van der Waals surface area contributed by atoms with E-state index in [-0.39, 0.29) is 5.57 Å². The van der Waals surface area contributed by atoms with Gasteiger partial charge in [-0.3, -0.25) is 9.69 Å². The number of carbonyl (C=O) groups is 2. The fourth-order valence-electron chi connectivity index (χ4n) is 3.05. The van der Waals surface area contributed by atoms with Crippen LogP contribution >= 0.6 is 0 Å². The van der Waals surface area contributed by atoms with Crippen LogP contribution in [-0.4, -0.2) is 46.7 Å². The van der Waals surface area contributed by atoms with Crippen molar-refractivity contribution in [2.45, 2.75) is 38.8 Å². The predicted molar refractivity (Wildman–Crippen MR) is 106 cm³/mol. The first-order chi connectivity index (χ1) is 12.7. The first kappa shape index (κ1) is 22.6. The fourth-order valence-corrected chi connectivity index (χ4v) is 3.05. The van der Waals surface area contributed by atoms with Crippen molar-refractivity contribution in [3.8, 4) is 0 Å². The van der Waals surface area contributed by atoms with E-state index in [0.717, 1.165) is 0 Å². The van der Waals surface area contributed by atoms with E-state index in [1.54, 1.807) is 25.9 Å². The Morgan fingerprint density at radius 2 is 1.70 bits per heavy atom. The number of allylic oxidation sites excluding steroid dienone is 2. The number of aryl methyl sites for hydroxylation is 1. The molecule has 0 bridgehead atoms. The van der Waals surface area contributed by atoms with E-state index in [9.17, 15) is 9.59 Å². The SMILES string of the molecule is CCCc1ccc(CN)cc1.CN(C)C1(C)C(C(=O)O)=CC=CC1C(=O)O. The lowest BCUT2D eigenvalue weighted by molar-refractivity contribution is -0.144. The second-order valence-electron chi connectivity index (χ2n) is 6.90. The Hall–Kier alpha value is -2.44. The number of carboxylic acid groups (broad SMARTS) is 2. The lowest BCUT2D eigenvalue weighted by Gasteiger charge is -2.41. The van der Waals surface area contributed by atoms with Gasteiger partial charge in [0.1, 0.15) is 0 Å². The standard InChI is InChI=1S/C11H15NO4.C10H15N/c1-11(12(2)3)7(9(13)14)5-4-6-8(11)10(15)16;1-2-3-9-4-6-10(8-11)7-5-9/h4-7H,1-3H3,(H,13,14)(H,15,16);4-7H,2-3,8,11H2,1H3. The number of likely N-dealkylation sites (N-methyl/N-ethyl adjacent to an activating group) is 1. The van der Waals surface area contributed by atoms with E-state index in [0.29, 0.717) is 6.54 Å². The minimum absolute atomic E-state index is 0.0902. The molecule has 2 atom stereocenters. The lowest BCUT2D eigenvalue weighted by atomic mass is 9.75. The van der Waals surface area contributed by atoms with Crippen molar-refractivity contribution in [2.75, 3.05) is 14.1 Å². The summed E-state index contributed by atoms with van der Waals surface area (Å²) in [5, 5.41) is 18.2. The van der Waals surface area contributed by atoms with Gasteiger partial charge in [-0.05, 0) is 38.6 Å². The third-order valence-electron chi connectivity index (χ3n) is 4.94. The Kier molecular flexibility index (Phi) is 8.40. The normalized spacial score (nSPS) is 21.3. The largest absolute Gasteiger partial charge is 0.481 e. The summed E-state index contributed by atoms with van der Waals surface area (Å²) in [6.45, 7) is 4.46. The van der Waals surface area contributed by atoms with Gasteiger partial charge in [-0.25, -0.2) is 4.79 Å². The van der Waals surface area contributed by atoms with Crippen LogP contribution < -0.4 is 5.73 Å². The van der Waals surface area contributed by atoms with Gasteiger partial charge in [0.05, 0.1) is 17.0 Å². The molecule has 1 aliphatic carbocycles. The van der Waals surface area contributed by atoms with Crippen molar-refractivity contribution in [3.63, 3.8) is 0 Å². The number of nitrogens with two attached hydrogens (primary N) is 1. The van der Waals surface area contributed by atoms with Gasteiger partial charge in [0.15, 0.2) is 0 Å². The Morgan fingerprint density at radius 3 is 2.11 bits per heavy atom. The fraction of sp³-hybridized carbons (Fsp3) is 0.429. The molecule has 0 heterocycles. The highest BCUT2D eigenvalue weighted by Crippen LogP contribution is 2.35. The monoisotopic (exact) mass is 374 g/mol. The van der Waals surface area contributed by atoms with Crippen LogP contribution in [0.5, 0.6) is 0 Å². The van der Waals surface area contributed by atoms with Crippen molar-refractivity contribution < 1.29 is 19.8 Å². The van der Waals surface area contributed by atoms with Crippen LogP contribution in [0.3, 0.4) is 0 Å². The zero-order valence-corrected chi connectivity index (χ0v) is 16.5. The molecule has 2 unspecified atom stereocenters. The second kappa shape index (κ2) is 10.0. The molecule has 1 aromatic rings. The molecule has 0 radical (unpaired) electrons. The van der Waals surface area contributed by atoms with Gasteiger partial charge in [-0.1, -0.05) is 55.8 Å². The molecular weight excluding hydrogens is 344 g/mol. The van der Waals surface area contributed by atoms with Crippen LogP contribution in [0.2, 0.25) is 0 Å².